The van der Waals surface area contributed by atoms with Crippen molar-refractivity contribution in [2.75, 3.05) is 6.61 Å². The highest BCUT2D eigenvalue weighted by molar-refractivity contribution is 7.78. The SMILES string of the molecule is CCCCC(CC)COC(=O)CCC=S. The number of carbonyl (C=O) groups excluding carboxylic acids is 1. The highest BCUT2D eigenvalue weighted by atomic mass is 32.1. The number of thiocarbonyl (C=S) groups is 1. The van der Waals surface area contributed by atoms with E-state index >= 15 is 0 Å². The summed E-state index contributed by atoms with van der Waals surface area (Å²) in [5, 5.41) is 1.58. The first-order chi connectivity index (χ1) is 7.24. The third-order valence-electron chi connectivity index (χ3n) is 2.49. The monoisotopic (exact) mass is 230 g/mol. The molecule has 1 atom stereocenters. The molecule has 0 fully saturated rings. The number of ether oxygens (including phenoxy) is 1. The summed E-state index contributed by atoms with van der Waals surface area (Å²) in [7, 11) is 0. The predicted molar refractivity (Wildman–Crippen MR) is 67.2 cm³/mol. The molecule has 0 heterocycles. The molecule has 0 aromatic carbocycles. The van der Waals surface area contributed by atoms with Crippen LogP contribution in [0.25, 0.3) is 0 Å². The van der Waals surface area contributed by atoms with E-state index in [1.165, 1.54) is 12.8 Å². The summed E-state index contributed by atoms with van der Waals surface area (Å²) in [5.74, 6) is 0.410. The molecule has 0 aliphatic carbocycles. The van der Waals surface area contributed by atoms with E-state index < -0.39 is 0 Å². The van der Waals surface area contributed by atoms with E-state index in [4.69, 9.17) is 4.74 Å². The van der Waals surface area contributed by atoms with Crippen molar-refractivity contribution in [1.82, 2.24) is 0 Å². The van der Waals surface area contributed by atoms with Gasteiger partial charge in [-0.25, -0.2) is 0 Å². The number of rotatable bonds is 9. The van der Waals surface area contributed by atoms with Gasteiger partial charge in [-0.15, -0.1) is 0 Å². The smallest absolute Gasteiger partial charge is 0.306 e. The molecule has 15 heavy (non-hydrogen) atoms. The summed E-state index contributed by atoms with van der Waals surface area (Å²) in [6.45, 7) is 4.90. The topological polar surface area (TPSA) is 26.3 Å². The fourth-order valence-corrected chi connectivity index (χ4v) is 1.48. The van der Waals surface area contributed by atoms with Crippen LogP contribution in [0.3, 0.4) is 0 Å². The van der Waals surface area contributed by atoms with Crippen molar-refractivity contribution >= 4 is 23.6 Å². The minimum atomic E-state index is -0.119. The fourth-order valence-electron chi connectivity index (χ4n) is 1.36. The minimum absolute atomic E-state index is 0.119. The van der Waals surface area contributed by atoms with Gasteiger partial charge in [-0.2, -0.15) is 0 Å². The molecule has 0 aliphatic rings. The largest absolute Gasteiger partial charge is 0.465 e. The number of unbranched alkanes of at least 4 members (excludes halogenated alkanes) is 1. The average Bonchev–Trinajstić information content (AvgIpc) is 2.26. The first kappa shape index (κ1) is 14.6. The van der Waals surface area contributed by atoms with Crippen LogP contribution < -0.4 is 0 Å². The van der Waals surface area contributed by atoms with Crippen molar-refractivity contribution in [2.24, 2.45) is 5.92 Å². The summed E-state index contributed by atoms with van der Waals surface area (Å²) in [4.78, 5) is 11.2. The molecule has 0 saturated heterocycles. The van der Waals surface area contributed by atoms with Gasteiger partial charge in [0.05, 0.1) is 6.61 Å². The lowest BCUT2D eigenvalue weighted by atomic mass is 10.0. The maximum atomic E-state index is 11.2. The van der Waals surface area contributed by atoms with Crippen LogP contribution in [0.1, 0.15) is 52.4 Å². The third-order valence-corrected chi connectivity index (χ3v) is 2.73. The summed E-state index contributed by atoms with van der Waals surface area (Å²) < 4.78 is 5.19. The highest BCUT2D eigenvalue weighted by Crippen LogP contribution is 2.13. The Morgan fingerprint density at radius 3 is 2.73 bits per heavy atom. The summed E-state index contributed by atoms with van der Waals surface area (Å²) >= 11 is 4.65. The van der Waals surface area contributed by atoms with E-state index in [1.807, 2.05) is 0 Å². The predicted octanol–water partition coefficient (Wildman–Crippen LogP) is 3.53. The maximum Gasteiger partial charge on any atom is 0.306 e. The van der Waals surface area contributed by atoms with Gasteiger partial charge in [-0.3, -0.25) is 4.79 Å². The molecule has 0 spiro atoms. The second kappa shape index (κ2) is 10.1. The van der Waals surface area contributed by atoms with Gasteiger partial charge >= 0.3 is 5.97 Å². The molecular formula is C12H22O2S. The van der Waals surface area contributed by atoms with Crippen molar-refractivity contribution < 1.29 is 9.53 Å². The molecule has 0 aromatic rings. The molecule has 0 aromatic heterocycles. The Balaban J connectivity index is 3.59. The van der Waals surface area contributed by atoms with E-state index in [0.29, 0.717) is 25.4 Å². The molecule has 2 nitrogen and oxygen atoms in total. The van der Waals surface area contributed by atoms with Crippen LogP contribution >= 0.6 is 12.2 Å². The first-order valence-electron chi connectivity index (χ1n) is 5.83. The Hall–Kier alpha value is -0.440. The van der Waals surface area contributed by atoms with Gasteiger partial charge in [0.1, 0.15) is 0 Å². The normalized spacial score (nSPS) is 12.1. The third kappa shape index (κ3) is 8.55. The van der Waals surface area contributed by atoms with Crippen molar-refractivity contribution in [3.8, 4) is 0 Å². The molecule has 3 heteroatoms. The van der Waals surface area contributed by atoms with Crippen LogP contribution in [-0.4, -0.2) is 17.9 Å². The molecule has 0 rings (SSSR count). The molecule has 0 amide bonds. The molecule has 0 N–H and O–H groups in total. The number of hydrogen-bond donors (Lipinski definition) is 0. The van der Waals surface area contributed by atoms with Crippen LogP contribution in [-0.2, 0) is 9.53 Å². The van der Waals surface area contributed by atoms with Crippen molar-refractivity contribution in [1.29, 1.82) is 0 Å². The van der Waals surface area contributed by atoms with Crippen molar-refractivity contribution in [3.63, 3.8) is 0 Å². The number of hydrogen-bond acceptors (Lipinski definition) is 3. The first-order valence-corrected chi connectivity index (χ1v) is 6.30. The second-order valence-corrected chi connectivity index (χ2v) is 4.14. The van der Waals surface area contributed by atoms with E-state index in [2.05, 4.69) is 26.1 Å². The molecule has 0 bridgehead atoms. The van der Waals surface area contributed by atoms with Gasteiger partial charge in [-0.1, -0.05) is 45.3 Å². The zero-order valence-corrected chi connectivity index (χ0v) is 10.6. The molecule has 0 saturated carbocycles. The molecule has 0 radical (unpaired) electrons. The molecular weight excluding hydrogens is 208 g/mol. The molecule has 1 unspecified atom stereocenters. The van der Waals surface area contributed by atoms with Gasteiger partial charge in [0, 0.05) is 6.42 Å². The zero-order valence-electron chi connectivity index (χ0n) is 9.83. The van der Waals surface area contributed by atoms with Crippen molar-refractivity contribution in [3.05, 3.63) is 0 Å². The Morgan fingerprint density at radius 1 is 1.47 bits per heavy atom. The standard InChI is InChI=1S/C12H22O2S/c1-3-5-7-11(4-2)10-14-12(13)8-6-9-15/h9,11H,3-8,10H2,1-2H3. The Bertz CT molecular complexity index is 180. The van der Waals surface area contributed by atoms with Crippen LogP contribution in [0.2, 0.25) is 0 Å². The van der Waals surface area contributed by atoms with Crippen LogP contribution in [0, 0.1) is 5.92 Å². The summed E-state index contributed by atoms with van der Waals surface area (Å²) in [5.41, 5.74) is 0. The lowest BCUT2D eigenvalue weighted by Crippen LogP contribution is -2.13. The zero-order chi connectivity index (χ0) is 11.5. The van der Waals surface area contributed by atoms with E-state index in [-0.39, 0.29) is 5.97 Å². The highest BCUT2D eigenvalue weighted by Gasteiger charge is 2.09. The van der Waals surface area contributed by atoms with E-state index in [9.17, 15) is 4.79 Å². The van der Waals surface area contributed by atoms with E-state index in [0.717, 1.165) is 12.8 Å². The quantitative estimate of drug-likeness (QED) is 0.448. The van der Waals surface area contributed by atoms with Gasteiger partial charge in [0.2, 0.25) is 0 Å². The second-order valence-electron chi connectivity index (χ2n) is 3.80. The Kier molecular flexibility index (Phi) is 9.79. The Morgan fingerprint density at radius 2 is 2.20 bits per heavy atom. The number of esters is 1. The van der Waals surface area contributed by atoms with Crippen LogP contribution in [0.15, 0.2) is 0 Å². The van der Waals surface area contributed by atoms with Gasteiger partial charge in [0.25, 0.3) is 0 Å². The average molecular weight is 230 g/mol. The minimum Gasteiger partial charge on any atom is -0.465 e. The van der Waals surface area contributed by atoms with Crippen molar-refractivity contribution in [2.45, 2.75) is 52.4 Å². The van der Waals surface area contributed by atoms with Crippen LogP contribution in [0.5, 0.6) is 0 Å². The van der Waals surface area contributed by atoms with E-state index in [1.54, 1.807) is 5.37 Å². The Labute approximate surface area is 98.4 Å². The van der Waals surface area contributed by atoms with Gasteiger partial charge in [-0.05, 0) is 24.1 Å². The van der Waals surface area contributed by atoms with Gasteiger partial charge < -0.3 is 4.74 Å². The fraction of sp³-hybridized carbons (Fsp3) is 0.833. The lowest BCUT2D eigenvalue weighted by Gasteiger charge is -2.14. The van der Waals surface area contributed by atoms with Gasteiger partial charge in [0.15, 0.2) is 0 Å². The molecule has 0 aliphatic heterocycles. The van der Waals surface area contributed by atoms with Crippen LogP contribution in [0.4, 0.5) is 0 Å². The number of carbonyl (C=O) groups is 1. The lowest BCUT2D eigenvalue weighted by molar-refractivity contribution is -0.144. The summed E-state index contributed by atoms with van der Waals surface area (Å²) in [6, 6.07) is 0. The summed E-state index contributed by atoms with van der Waals surface area (Å²) in [6.07, 6.45) is 5.73. The maximum absolute atomic E-state index is 11.2. The molecule has 88 valence electrons.